The molecule has 0 spiro atoms. The lowest BCUT2D eigenvalue weighted by molar-refractivity contribution is -0.120. The smallest absolute Gasteiger partial charge is 0.231 e. The van der Waals surface area contributed by atoms with Gasteiger partial charge in [-0.3, -0.25) is 4.79 Å². The van der Waals surface area contributed by atoms with Crippen LogP contribution in [0.4, 0.5) is 5.69 Å². The van der Waals surface area contributed by atoms with E-state index in [0.29, 0.717) is 18.2 Å². The van der Waals surface area contributed by atoms with Crippen LogP contribution in [0.1, 0.15) is 0 Å². The summed E-state index contributed by atoms with van der Waals surface area (Å²) in [6.07, 6.45) is 0. The molecule has 6 heteroatoms. The van der Waals surface area contributed by atoms with E-state index in [1.807, 2.05) is 7.05 Å². The number of likely N-dealkylation sites (N-methyl/N-ethyl adjacent to an activating group) is 1. The standard InChI is InChI=1S/C12H14BrClN2O2/c1-15-11-6-18-5-8(11)12(17)16-7-2-3-10(14)9(13)4-7/h2-4,8,11,15H,5-6H2,1H3,(H,16,17). The molecule has 2 unspecified atom stereocenters. The van der Waals surface area contributed by atoms with E-state index in [4.69, 9.17) is 16.3 Å². The summed E-state index contributed by atoms with van der Waals surface area (Å²) in [5.74, 6) is -0.203. The molecule has 98 valence electrons. The van der Waals surface area contributed by atoms with Crippen molar-refractivity contribution in [3.05, 3.63) is 27.7 Å². The number of ether oxygens (including phenoxy) is 1. The van der Waals surface area contributed by atoms with Crippen molar-refractivity contribution in [2.24, 2.45) is 5.92 Å². The van der Waals surface area contributed by atoms with E-state index in [9.17, 15) is 4.79 Å². The second kappa shape index (κ2) is 6.02. The van der Waals surface area contributed by atoms with E-state index in [-0.39, 0.29) is 17.9 Å². The van der Waals surface area contributed by atoms with Gasteiger partial charge < -0.3 is 15.4 Å². The molecule has 1 saturated heterocycles. The number of rotatable bonds is 3. The lowest BCUT2D eigenvalue weighted by atomic mass is 10.0. The third kappa shape index (κ3) is 3.03. The average Bonchev–Trinajstić information content (AvgIpc) is 2.82. The van der Waals surface area contributed by atoms with Gasteiger partial charge in [0.1, 0.15) is 0 Å². The van der Waals surface area contributed by atoms with Gasteiger partial charge in [0.15, 0.2) is 0 Å². The predicted octanol–water partition coefficient (Wildman–Crippen LogP) is 2.28. The fourth-order valence-corrected chi connectivity index (χ4v) is 2.40. The lowest BCUT2D eigenvalue weighted by Crippen LogP contribution is -2.39. The Labute approximate surface area is 119 Å². The summed E-state index contributed by atoms with van der Waals surface area (Å²) in [6, 6.07) is 5.36. The second-order valence-corrected chi connectivity index (χ2v) is 5.42. The third-order valence-corrected chi connectivity index (χ3v) is 4.19. The quantitative estimate of drug-likeness (QED) is 0.892. The van der Waals surface area contributed by atoms with E-state index >= 15 is 0 Å². The largest absolute Gasteiger partial charge is 0.379 e. The summed E-state index contributed by atoms with van der Waals surface area (Å²) in [6.45, 7) is 1.02. The van der Waals surface area contributed by atoms with Crippen molar-refractivity contribution in [3.8, 4) is 0 Å². The van der Waals surface area contributed by atoms with Crippen molar-refractivity contribution in [3.63, 3.8) is 0 Å². The van der Waals surface area contributed by atoms with Crippen LogP contribution in [0.2, 0.25) is 5.02 Å². The first kappa shape index (κ1) is 13.8. The van der Waals surface area contributed by atoms with Crippen molar-refractivity contribution in [1.29, 1.82) is 0 Å². The maximum Gasteiger partial charge on any atom is 0.231 e. The number of benzene rings is 1. The van der Waals surface area contributed by atoms with Crippen LogP contribution >= 0.6 is 27.5 Å². The fraction of sp³-hybridized carbons (Fsp3) is 0.417. The molecule has 0 aromatic heterocycles. The SMILES string of the molecule is CNC1COCC1C(=O)Nc1ccc(Cl)c(Br)c1. The minimum absolute atomic E-state index is 0.0407. The Hall–Kier alpha value is -0.620. The molecule has 2 N–H and O–H groups in total. The van der Waals surface area contributed by atoms with Gasteiger partial charge in [0.25, 0.3) is 0 Å². The summed E-state index contributed by atoms with van der Waals surface area (Å²) >= 11 is 9.23. The van der Waals surface area contributed by atoms with Crippen molar-refractivity contribution < 1.29 is 9.53 Å². The number of anilines is 1. The Kier molecular flexibility index (Phi) is 4.61. The molecule has 1 aromatic carbocycles. The normalized spacial score (nSPS) is 23.1. The van der Waals surface area contributed by atoms with Crippen molar-refractivity contribution in [1.82, 2.24) is 5.32 Å². The first-order valence-corrected chi connectivity index (χ1v) is 6.80. The third-order valence-electron chi connectivity index (χ3n) is 2.98. The minimum Gasteiger partial charge on any atom is -0.379 e. The van der Waals surface area contributed by atoms with Gasteiger partial charge in [-0.25, -0.2) is 0 Å². The van der Waals surface area contributed by atoms with E-state index < -0.39 is 0 Å². The molecular weight excluding hydrogens is 320 g/mol. The zero-order valence-electron chi connectivity index (χ0n) is 9.87. The van der Waals surface area contributed by atoms with Crippen LogP contribution in [0, 0.1) is 5.92 Å². The lowest BCUT2D eigenvalue weighted by Gasteiger charge is -2.16. The van der Waals surface area contributed by atoms with E-state index in [2.05, 4.69) is 26.6 Å². The second-order valence-electron chi connectivity index (χ2n) is 4.16. The Balaban J connectivity index is 2.04. The Morgan fingerprint density at radius 3 is 2.94 bits per heavy atom. The number of carbonyl (C=O) groups is 1. The maximum absolute atomic E-state index is 12.1. The zero-order valence-corrected chi connectivity index (χ0v) is 12.2. The molecule has 1 aliphatic heterocycles. The molecule has 1 heterocycles. The molecule has 18 heavy (non-hydrogen) atoms. The highest BCUT2D eigenvalue weighted by Crippen LogP contribution is 2.26. The van der Waals surface area contributed by atoms with Gasteiger partial charge in [-0.15, -0.1) is 0 Å². The summed E-state index contributed by atoms with van der Waals surface area (Å²) in [5, 5.41) is 6.57. The first-order chi connectivity index (χ1) is 8.61. The van der Waals surface area contributed by atoms with Crippen LogP contribution in [-0.4, -0.2) is 32.2 Å². The summed E-state index contributed by atoms with van der Waals surface area (Å²) < 4.78 is 6.07. The maximum atomic E-state index is 12.1. The van der Waals surface area contributed by atoms with Crippen LogP contribution in [0.5, 0.6) is 0 Å². The van der Waals surface area contributed by atoms with Crippen molar-refractivity contribution in [2.45, 2.75) is 6.04 Å². The first-order valence-electron chi connectivity index (χ1n) is 5.62. The van der Waals surface area contributed by atoms with Gasteiger partial charge >= 0.3 is 0 Å². The molecular formula is C12H14BrClN2O2. The van der Waals surface area contributed by atoms with Crippen LogP contribution in [-0.2, 0) is 9.53 Å². The number of halogens is 2. The zero-order chi connectivity index (χ0) is 13.1. The van der Waals surface area contributed by atoms with Gasteiger partial charge in [0.05, 0.1) is 24.2 Å². The molecule has 1 fully saturated rings. The van der Waals surface area contributed by atoms with E-state index in [0.717, 1.165) is 10.2 Å². The predicted molar refractivity (Wildman–Crippen MR) is 74.9 cm³/mol. The van der Waals surface area contributed by atoms with Crippen molar-refractivity contribution >= 4 is 39.1 Å². The molecule has 4 nitrogen and oxygen atoms in total. The topological polar surface area (TPSA) is 50.4 Å². The van der Waals surface area contributed by atoms with E-state index in [1.165, 1.54) is 0 Å². The van der Waals surface area contributed by atoms with Crippen LogP contribution in [0.15, 0.2) is 22.7 Å². The van der Waals surface area contributed by atoms with E-state index in [1.54, 1.807) is 18.2 Å². The molecule has 2 rings (SSSR count). The van der Waals surface area contributed by atoms with Gasteiger partial charge in [-0.05, 0) is 41.2 Å². The average molecular weight is 334 g/mol. The minimum atomic E-state index is -0.163. The van der Waals surface area contributed by atoms with Gasteiger partial charge in [-0.2, -0.15) is 0 Å². The summed E-state index contributed by atoms with van der Waals surface area (Å²) in [7, 11) is 1.83. The number of amides is 1. The van der Waals surface area contributed by atoms with Gasteiger partial charge in [-0.1, -0.05) is 11.6 Å². The van der Waals surface area contributed by atoms with Crippen LogP contribution < -0.4 is 10.6 Å². The van der Waals surface area contributed by atoms with Crippen LogP contribution in [0.25, 0.3) is 0 Å². The number of nitrogens with one attached hydrogen (secondary N) is 2. The molecule has 0 bridgehead atoms. The molecule has 1 amide bonds. The van der Waals surface area contributed by atoms with Gasteiger partial charge in [0, 0.05) is 16.2 Å². The van der Waals surface area contributed by atoms with Crippen LogP contribution in [0.3, 0.4) is 0 Å². The summed E-state index contributed by atoms with van der Waals surface area (Å²) in [4.78, 5) is 12.1. The highest BCUT2D eigenvalue weighted by molar-refractivity contribution is 9.10. The fourth-order valence-electron chi connectivity index (χ4n) is 1.91. The summed E-state index contributed by atoms with van der Waals surface area (Å²) in [5.41, 5.74) is 0.720. The molecule has 0 aliphatic carbocycles. The molecule has 1 aromatic rings. The molecule has 0 radical (unpaired) electrons. The number of hydrogen-bond acceptors (Lipinski definition) is 3. The molecule has 2 atom stereocenters. The number of hydrogen-bond donors (Lipinski definition) is 2. The molecule has 0 saturated carbocycles. The van der Waals surface area contributed by atoms with Crippen molar-refractivity contribution in [2.75, 3.05) is 25.6 Å². The van der Waals surface area contributed by atoms with Gasteiger partial charge in [0.2, 0.25) is 5.91 Å². The Bertz CT molecular complexity index is 456. The highest BCUT2D eigenvalue weighted by atomic mass is 79.9. The number of carbonyl (C=O) groups excluding carboxylic acids is 1. The highest BCUT2D eigenvalue weighted by Gasteiger charge is 2.32. The Morgan fingerprint density at radius 1 is 1.50 bits per heavy atom. The monoisotopic (exact) mass is 332 g/mol. The Morgan fingerprint density at radius 2 is 2.28 bits per heavy atom. The molecule has 1 aliphatic rings.